The normalized spacial score (nSPS) is 11.5. The molecule has 0 aliphatic rings. The Morgan fingerprint density at radius 3 is 2.38 bits per heavy atom. The standard InChI is InChI=1S/C19H24N2O4S/c1-16-8-10-18(11-9-16)26(23,24)21(2)14-19(22)20-12-13-25-15-17-6-4-3-5-7-17/h3-11H,12-15H2,1-2H3,(H,20,22). The Morgan fingerprint density at radius 1 is 1.08 bits per heavy atom. The van der Waals surface area contributed by atoms with Crippen LogP contribution in [-0.2, 0) is 26.2 Å². The molecule has 1 amide bonds. The summed E-state index contributed by atoms with van der Waals surface area (Å²) >= 11 is 0. The van der Waals surface area contributed by atoms with Crippen molar-refractivity contribution in [2.24, 2.45) is 0 Å². The van der Waals surface area contributed by atoms with E-state index in [1.54, 1.807) is 12.1 Å². The number of nitrogens with zero attached hydrogens (tertiary/aromatic N) is 1. The van der Waals surface area contributed by atoms with E-state index >= 15 is 0 Å². The summed E-state index contributed by atoms with van der Waals surface area (Å²) < 4.78 is 31.4. The zero-order valence-electron chi connectivity index (χ0n) is 15.0. The summed E-state index contributed by atoms with van der Waals surface area (Å²) in [7, 11) is -2.29. The van der Waals surface area contributed by atoms with Crippen molar-refractivity contribution in [3.63, 3.8) is 0 Å². The van der Waals surface area contributed by atoms with Crippen LogP contribution >= 0.6 is 0 Å². The first-order valence-corrected chi connectivity index (χ1v) is 9.75. The summed E-state index contributed by atoms with van der Waals surface area (Å²) in [4.78, 5) is 12.1. The van der Waals surface area contributed by atoms with Gasteiger partial charge >= 0.3 is 0 Å². The van der Waals surface area contributed by atoms with Crippen LogP contribution in [0.15, 0.2) is 59.5 Å². The quantitative estimate of drug-likeness (QED) is 0.679. The number of rotatable bonds is 9. The second kappa shape index (κ2) is 9.47. The Kier molecular flexibility index (Phi) is 7.32. The van der Waals surface area contributed by atoms with Gasteiger partial charge in [0.25, 0.3) is 0 Å². The van der Waals surface area contributed by atoms with Gasteiger partial charge in [-0.25, -0.2) is 8.42 Å². The Balaban J connectivity index is 1.73. The number of nitrogens with one attached hydrogen (secondary N) is 1. The lowest BCUT2D eigenvalue weighted by atomic mass is 10.2. The second-order valence-corrected chi connectivity index (χ2v) is 8.01. The minimum absolute atomic E-state index is 0.171. The first-order valence-electron chi connectivity index (χ1n) is 8.31. The number of aryl methyl sites for hydroxylation is 1. The highest BCUT2D eigenvalue weighted by molar-refractivity contribution is 7.89. The smallest absolute Gasteiger partial charge is 0.243 e. The van der Waals surface area contributed by atoms with Gasteiger partial charge in [-0.2, -0.15) is 4.31 Å². The molecule has 7 heteroatoms. The summed E-state index contributed by atoms with van der Waals surface area (Å²) in [6.45, 7) is 2.79. The first kappa shape index (κ1) is 20.1. The molecule has 0 heterocycles. The van der Waals surface area contributed by atoms with Gasteiger partial charge < -0.3 is 10.1 Å². The van der Waals surface area contributed by atoms with E-state index in [1.807, 2.05) is 37.3 Å². The van der Waals surface area contributed by atoms with E-state index in [-0.39, 0.29) is 17.3 Å². The molecule has 0 unspecified atom stereocenters. The van der Waals surface area contributed by atoms with Crippen LogP contribution in [0, 0.1) is 6.92 Å². The highest BCUT2D eigenvalue weighted by Crippen LogP contribution is 2.14. The van der Waals surface area contributed by atoms with Crippen molar-refractivity contribution in [3.8, 4) is 0 Å². The van der Waals surface area contributed by atoms with E-state index in [4.69, 9.17) is 4.74 Å². The molecule has 0 aliphatic carbocycles. The van der Waals surface area contributed by atoms with E-state index in [0.29, 0.717) is 19.8 Å². The molecule has 2 aromatic carbocycles. The van der Waals surface area contributed by atoms with Crippen LogP contribution in [0.3, 0.4) is 0 Å². The van der Waals surface area contributed by atoms with Crippen LogP contribution in [0.5, 0.6) is 0 Å². The average Bonchev–Trinajstić information content (AvgIpc) is 2.62. The minimum Gasteiger partial charge on any atom is -0.375 e. The Labute approximate surface area is 154 Å². The lowest BCUT2D eigenvalue weighted by Gasteiger charge is -2.17. The lowest BCUT2D eigenvalue weighted by molar-refractivity contribution is -0.121. The highest BCUT2D eigenvalue weighted by Gasteiger charge is 2.22. The number of amides is 1. The largest absolute Gasteiger partial charge is 0.375 e. The summed E-state index contributed by atoms with van der Waals surface area (Å²) in [6.07, 6.45) is 0. The molecule has 140 valence electrons. The molecule has 0 radical (unpaired) electrons. The third-order valence-electron chi connectivity index (χ3n) is 3.78. The van der Waals surface area contributed by atoms with E-state index < -0.39 is 10.0 Å². The van der Waals surface area contributed by atoms with E-state index in [0.717, 1.165) is 15.4 Å². The van der Waals surface area contributed by atoms with Gasteiger partial charge in [0.2, 0.25) is 15.9 Å². The summed E-state index contributed by atoms with van der Waals surface area (Å²) in [5, 5.41) is 2.66. The maximum atomic E-state index is 12.4. The molecule has 1 N–H and O–H groups in total. The molecule has 0 saturated heterocycles. The Bertz CT molecular complexity index is 805. The lowest BCUT2D eigenvalue weighted by Crippen LogP contribution is -2.39. The third kappa shape index (κ3) is 5.94. The molecule has 0 aromatic heterocycles. The van der Waals surface area contributed by atoms with Crippen LogP contribution in [0.25, 0.3) is 0 Å². The van der Waals surface area contributed by atoms with Gasteiger partial charge in [0.1, 0.15) is 0 Å². The highest BCUT2D eigenvalue weighted by atomic mass is 32.2. The molecular formula is C19H24N2O4S. The fourth-order valence-corrected chi connectivity index (χ4v) is 3.39. The molecule has 0 atom stereocenters. The van der Waals surface area contributed by atoms with Crippen molar-refractivity contribution >= 4 is 15.9 Å². The Hall–Kier alpha value is -2.22. The number of hydrogen-bond acceptors (Lipinski definition) is 4. The molecule has 0 spiro atoms. The van der Waals surface area contributed by atoms with Crippen LogP contribution in [0.4, 0.5) is 0 Å². The summed E-state index contributed by atoms with van der Waals surface area (Å²) in [6, 6.07) is 16.3. The number of likely N-dealkylation sites (N-methyl/N-ethyl adjacent to an activating group) is 1. The topological polar surface area (TPSA) is 75.7 Å². The molecule has 6 nitrogen and oxygen atoms in total. The number of ether oxygens (including phenoxy) is 1. The van der Waals surface area contributed by atoms with Crippen molar-refractivity contribution in [1.29, 1.82) is 0 Å². The number of benzene rings is 2. The molecule has 2 aromatic rings. The molecule has 0 bridgehead atoms. The molecule has 0 aliphatic heterocycles. The summed E-state index contributed by atoms with van der Waals surface area (Å²) in [5.74, 6) is -0.369. The molecule has 0 saturated carbocycles. The number of carbonyl (C=O) groups is 1. The van der Waals surface area contributed by atoms with Gasteiger partial charge in [-0.3, -0.25) is 4.79 Å². The van der Waals surface area contributed by atoms with Crippen molar-refractivity contribution in [1.82, 2.24) is 9.62 Å². The summed E-state index contributed by atoms with van der Waals surface area (Å²) in [5.41, 5.74) is 2.03. The fraction of sp³-hybridized carbons (Fsp3) is 0.316. The second-order valence-electron chi connectivity index (χ2n) is 5.96. The van der Waals surface area contributed by atoms with Gasteiger partial charge in [-0.1, -0.05) is 48.0 Å². The predicted octanol–water partition coefficient (Wildman–Crippen LogP) is 1.95. The van der Waals surface area contributed by atoms with Crippen LogP contribution in [0.2, 0.25) is 0 Å². The van der Waals surface area contributed by atoms with Crippen LogP contribution < -0.4 is 5.32 Å². The van der Waals surface area contributed by atoms with Crippen LogP contribution in [0.1, 0.15) is 11.1 Å². The van der Waals surface area contributed by atoms with E-state index in [2.05, 4.69) is 5.32 Å². The van der Waals surface area contributed by atoms with Gasteiger partial charge in [0.15, 0.2) is 0 Å². The van der Waals surface area contributed by atoms with Crippen LogP contribution in [-0.4, -0.2) is 45.4 Å². The van der Waals surface area contributed by atoms with Gasteiger partial charge in [0, 0.05) is 13.6 Å². The maximum Gasteiger partial charge on any atom is 0.243 e. The van der Waals surface area contributed by atoms with Gasteiger partial charge in [-0.15, -0.1) is 0 Å². The molecule has 2 rings (SSSR count). The SMILES string of the molecule is Cc1ccc(S(=O)(=O)N(C)CC(=O)NCCOCc2ccccc2)cc1. The number of sulfonamides is 1. The zero-order chi connectivity index (χ0) is 19.0. The average molecular weight is 376 g/mol. The van der Waals surface area contributed by atoms with E-state index in [1.165, 1.54) is 19.2 Å². The number of carbonyl (C=O) groups excluding carboxylic acids is 1. The molecule has 0 fully saturated rings. The van der Waals surface area contributed by atoms with Crippen molar-refractivity contribution < 1.29 is 17.9 Å². The fourth-order valence-electron chi connectivity index (χ4n) is 2.26. The Morgan fingerprint density at radius 2 is 1.73 bits per heavy atom. The van der Waals surface area contributed by atoms with Gasteiger partial charge in [-0.05, 0) is 24.6 Å². The van der Waals surface area contributed by atoms with E-state index in [9.17, 15) is 13.2 Å². The zero-order valence-corrected chi connectivity index (χ0v) is 15.8. The van der Waals surface area contributed by atoms with Crippen molar-refractivity contribution in [2.45, 2.75) is 18.4 Å². The maximum absolute atomic E-state index is 12.4. The monoisotopic (exact) mass is 376 g/mol. The van der Waals surface area contributed by atoms with Crippen molar-refractivity contribution in [2.75, 3.05) is 26.7 Å². The van der Waals surface area contributed by atoms with Gasteiger partial charge in [0.05, 0.1) is 24.7 Å². The molecule has 26 heavy (non-hydrogen) atoms. The third-order valence-corrected chi connectivity index (χ3v) is 5.59. The minimum atomic E-state index is -3.68. The molecular weight excluding hydrogens is 352 g/mol. The first-order chi connectivity index (χ1) is 12.4. The number of hydrogen-bond donors (Lipinski definition) is 1. The predicted molar refractivity (Wildman–Crippen MR) is 100 cm³/mol. The van der Waals surface area contributed by atoms with Crippen molar-refractivity contribution in [3.05, 3.63) is 65.7 Å².